The van der Waals surface area contributed by atoms with Crippen LogP contribution in [-0.2, 0) is 21.4 Å². The van der Waals surface area contributed by atoms with Crippen LogP contribution >= 0.6 is 0 Å². The van der Waals surface area contributed by atoms with Gasteiger partial charge >= 0.3 is 0 Å². The van der Waals surface area contributed by atoms with Crippen LogP contribution in [0.25, 0.3) is 0 Å². The van der Waals surface area contributed by atoms with Gasteiger partial charge in [0, 0.05) is 20.1 Å². The number of hydrogen-bond donors (Lipinski definition) is 0. The third-order valence-electron chi connectivity index (χ3n) is 3.85. The van der Waals surface area contributed by atoms with E-state index in [0.29, 0.717) is 18.5 Å². The summed E-state index contributed by atoms with van der Waals surface area (Å²) in [6.45, 7) is 0.633. The number of carbonyl (C=O) groups excluding carboxylic acids is 1. The molecule has 2 rings (SSSR count). The number of amides is 1. The molecule has 0 aromatic heterocycles. The fraction of sp³-hybridized carbons (Fsp3) is 0.533. The molecular formula is C15H21FN2O3S. The molecule has 1 heterocycles. The lowest BCUT2D eigenvalue weighted by Crippen LogP contribution is -2.51. The topological polar surface area (TPSA) is 57.7 Å². The first-order chi connectivity index (χ1) is 10.3. The second kappa shape index (κ2) is 6.75. The normalized spacial score (nSPS) is 19.9. The Bertz CT molecular complexity index is 648. The number of hydrogen-bond acceptors (Lipinski definition) is 3. The Balaban J connectivity index is 2.11. The number of nitrogens with zero attached hydrogens (tertiary/aromatic N) is 2. The summed E-state index contributed by atoms with van der Waals surface area (Å²) in [4.78, 5) is 14.0. The number of piperidine rings is 1. The van der Waals surface area contributed by atoms with E-state index >= 15 is 0 Å². The molecule has 0 radical (unpaired) electrons. The van der Waals surface area contributed by atoms with E-state index in [9.17, 15) is 17.6 Å². The minimum Gasteiger partial charge on any atom is -0.340 e. The lowest BCUT2D eigenvalue weighted by Gasteiger charge is -2.35. The van der Waals surface area contributed by atoms with E-state index in [1.807, 2.05) is 0 Å². The van der Waals surface area contributed by atoms with Crippen molar-refractivity contribution in [1.29, 1.82) is 0 Å². The minimum absolute atomic E-state index is 0.241. The van der Waals surface area contributed by atoms with Gasteiger partial charge in [0.15, 0.2) is 0 Å². The number of likely N-dealkylation sites (N-methyl/N-ethyl adjacent to an activating group) is 1. The van der Waals surface area contributed by atoms with E-state index in [4.69, 9.17) is 0 Å². The van der Waals surface area contributed by atoms with E-state index in [2.05, 4.69) is 0 Å². The Hall–Kier alpha value is -1.47. The van der Waals surface area contributed by atoms with Gasteiger partial charge in [-0.15, -0.1) is 0 Å². The Morgan fingerprint density at radius 3 is 2.77 bits per heavy atom. The summed E-state index contributed by atoms with van der Waals surface area (Å²) in [5, 5.41) is 0. The number of sulfonamides is 1. The van der Waals surface area contributed by atoms with Gasteiger partial charge in [-0.25, -0.2) is 12.8 Å². The summed E-state index contributed by atoms with van der Waals surface area (Å²) in [5.74, 6) is -0.594. The Morgan fingerprint density at radius 2 is 2.14 bits per heavy atom. The van der Waals surface area contributed by atoms with Crippen LogP contribution in [0.5, 0.6) is 0 Å². The first-order valence-electron chi connectivity index (χ1n) is 7.25. The van der Waals surface area contributed by atoms with Crippen LogP contribution in [0.2, 0.25) is 0 Å². The molecule has 1 amide bonds. The van der Waals surface area contributed by atoms with Gasteiger partial charge in [0.2, 0.25) is 15.9 Å². The molecule has 1 atom stereocenters. The number of carbonyl (C=O) groups is 1. The molecule has 22 heavy (non-hydrogen) atoms. The van der Waals surface area contributed by atoms with Crippen LogP contribution in [0.15, 0.2) is 24.3 Å². The third kappa shape index (κ3) is 4.04. The molecule has 1 aromatic carbocycles. The predicted octanol–water partition coefficient (Wildman–Crippen LogP) is 1.60. The third-order valence-corrected chi connectivity index (χ3v) is 5.14. The largest absolute Gasteiger partial charge is 0.340 e. The highest BCUT2D eigenvalue weighted by Crippen LogP contribution is 2.22. The van der Waals surface area contributed by atoms with Gasteiger partial charge in [-0.1, -0.05) is 18.6 Å². The second-order valence-electron chi connectivity index (χ2n) is 5.71. The van der Waals surface area contributed by atoms with Gasteiger partial charge in [-0.2, -0.15) is 4.31 Å². The molecule has 1 aliphatic rings. The summed E-state index contributed by atoms with van der Waals surface area (Å²) < 4.78 is 38.1. The predicted molar refractivity (Wildman–Crippen MR) is 82.1 cm³/mol. The molecular weight excluding hydrogens is 307 g/mol. The highest BCUT2D eigenvalue weighted by Gasteiger charge is 2.35. The van der Waals surface area contributed by atoms with Crippen molar-refractivity contribution in [3.05, 3.63) is 35.6 Å². The lowest BCUT2D eigenvalue weighted by molar-refractivity contribution is -0.135. The van der Waals surface area contributed by atoms with E-state index < -0.39 is 16.1 Å². The van der Waals surface area contributed by atoms with Crippen molar-refractivity contribution >= 4 is 15.9 Å². The molecule has 122 valence electrons. The summed E-state index contributed by atoms with van der Waals surface area (Å²) in [6.07, 6.45) is 3.26. The van der Waals surface area contributed by atoms with Gasteiger partial charge in [-0.05, 0) is 30.5 Å². The van der Waals surface area contributed by atoms with Crippen LogP contribution in [-0.4, -0.2) is 49.4 Å². The molecule has 1 saturated heterocycles. The number of halogens is 1. The lowest BCUT2D eigenvalue weighted by atomic mass is 10.0. The average Bonchev–Trinajstić information content (AvgIpc) is 2.45. The van der Waals surface area contributed by atoms with Crippen molar-refractivity contribution in [2.75, 3.05) is 19.8 Å². The maximum Gasteiger partial charge on any atom is 0.241 e. The van der Waals surface area contributed by atoms with Crippen LogP contribution < -0.4 is 0 Å². The molecule has 1 unspecified atom stereocenters. The molecule has 1 aliphatic heterocycles. The second-order valence-corrected chi connectivity index (χ2v) is 7.64. The number of rotatable bonds is 4. The smallest absolute Gasteiger partial charge is 0.241 e. The fourth-order valence-electron chi connectivity index (χ4n) is 2.79. The minimum atomic E-state index is -3.41. The Morgan fingerprint density at radius 1 is 1.41 bits per heavy atom. The van der Waals surface area contributed by atoms with Crippen molar-refractivity contribution in [1.82, 2.24) is 9.21 Å². The fourth-order valence-corrected chi connectivity index (χ4v) is 3.91. The maximum absolute atomic E-state index is 13.2. The van der Waals surface area contributed by atoms with Crippen molar-refractivity contribution in [2.45, 2.75) is 31.8 Å². The standard InChI is InChI=1S/C15H21FN2O3S/c1-17(11-12-6-5-7-13(16)10-12)15(19)14-8-3-4-9-18(14)22(2,20)21/h5-7,10,14H,3-4,8-9,11H2,1-2H3. The van der Waals surface area contributed by atoms with Gasteiger partial charge in [0.05, 0.1) is 6.26 Å². The molecule has 0 aliphatic carbocycles. The van der Waals surface area contributed by atoms with E-state index in [1.165, 1.54) is 21.3 Å². The van der Waals surface area contributed by atoms with E-state index in [0.717, 1.165) is 19.1 Å². The zero-order valence-electron chi connectivity index (χ0n) is 12.8. The van der Waals surface area contributed by atoms with Gasteiger partial charge in [-0.3, -0.25) is 4.79 Å². The van der Waals surface area contributed by atoms with Crippen molar-refractivity contribution < 1.29 is 17.6 Å². The summed E-state index contributed by atoms with van der Waals surface area (Å²) >= 11 is 0. The Labute approximate surface area is 130 Å². The summed E-state index contributed by atoms with van der Waals surface area (Å²) in [5.41, 5.74) is 0.678. The number of benzene rings is 1. The summed E-state index contributed by atoms with van der Waals surface area (Å²) in [6, 6.07) is 5.40. The molecule has 7 heteroatoms. The molecule has 0 saturated carbocycles. The SMILES string of the molecule is CN(Cc1cccc(F)c1)C(=O)C1CCCCN1S(C)(=O)=O. The highest BCUT2D eigenvalue weighted by molar-refractivity contribution is 7.88. The molecule has 1 fully saturated rings. The van der Waals surface area contributed by atoms with Crippen molar-refractivity contribution in [3.63, 3.8) is 0 Å². The first-order valence-corrected chi connectivity index (χ1v) is 9.10. The van der Waals surface area contributed by atoms with E-state index in [1.54, 1.807) is 19.2 Å². The van der Waals surface area contributed by atoms with E-state index in [-0.39, 0.29) is 18.3 Å². The van der Waals surface area contributed by atoms with Crippen molar-refractivity contribution in [2.24, 2.45) is 0 Å². The van der Waals surface area contributed by atoms with Gasteiger partial charge in [0.25, 0.3) is 0 Å². The van der Waals surface area contributed by atoms with Gasteiger partial charge < -0.3 is 4.90 Å². The zero-order valence-corrected chi connectivity index (χ0v) is 13.6. The first kappa shape index (κ1) is 16.9. The van der Waals surface area contributed by atoms with Gasteiger partial charge in [0.1, 0.15) is 11.9 Å². The quantitative estimate of drug-likeness (QED) is 0.843. The average molecular weight is 328 g/mol. The van der Waals surface area contributed by atoms with Crippen LogP contribution in [0.1, 0.15) is 24.8 Å². The maximum atomic E-state index is 13.2. The highest BCUT2D eigenvalue weighted by atomic mass is 32.2. The monoisotopic (exact) mass is 328 g/mol. The van der Waals surface area contributed by atoms with Crippen LogP contribution in [0, 0.1) is 5.82 Å². The van der Waals surface area contributed by atoms with Crippen molar-refractivity contribution in [3.8, 4) is 0 Å². The molecule has 5 nitrogen and oxygen atoms in total. The van der Waals surface area contributed by atoms with Crippen LogP contribution in [0.4, 0.5) is 4.39 Å². The Kier molecular flexibility index (Phi) is 5.18. The van der Waals surface area contributed by atoms with Crippen LogP contribution in [0.3, 0.4) is 0 Å². The summed E-state index contributed by atoms with van der Waals surface area (Å²) in [7, 11) is -1.79. The zero-order chi connectivity index (χ0) is 16.3. The molecule has 1 aromatic rings. The molecule has 0 bridgehead atoms. The molecule has 0 N–H and O–H groups in total. The molecule has 0 spiro atoms.